The zero-order valence-electron chi connectivity index (χ0n) is 15.4. The molecule has 5 nitrogen and oxygen atoms in total. The Morgan fingerprint density at radius 1 is 1.00 bits per heavy atom. The van der Waals surface area contributed by atoms with Crippen molar-refractivity contribution in [2.75, 3.05) is 0 Å². The molecule has 0 saturated heterocycles. The third-order valence-electron chi connectivity index (χ3n) is 4.07. The minimum absolute atomic E-state index is 0.00912. The molecule has 0 bridgehead atoms. The Hall–Kier alpha value is -2.25. The van der Waals surface area contributed by atoms with Gasteiger partial charge in [-0.05, 0) is 29.8 Å². The summed E-state index contributed by atoms with van der Waals surface area (Å²) in [5.41, 5.74) is 2.06. The predicted octanol–water partition coefficient (Wildman–Crippen LogP) is 7.40. The van der Waals surface area contributed by atoms with Crippen LogP contribution in [0.25, 0.3) is 0 Å². The Kier molecular flexibility index (Phi) is 7.99. The number of thioether (sulfide) groups is 1. The Bertz CT molecular complexity index is 1070. The molecule has 0 heterocycles. The molecule has 0 aliphatic rings. The van der Waals surface area contributed by atoms with Crippen molar-refractivity contribution in [2.24, 2.45) is 5.16 Å². The Morgan fingerprint density at radius 2 is 1.70 bits per heavy atom. The van der Waals surface area contributed by atoms with Gasteiger partial charge in [0, 0.05) is 38.0 Å². The first-order valence-corrected chi connectivity index (χ1v) is 10.8. The maximum atomic E-state index is 11.5. The third kappa shape index (κ3) is 5.89. The highest BCUT2D eigenvalue weighted by molar-refractivity contribution is 7.98. The SMILES string of the molecule is O=[N+]([O-])c1cc(/C=N\OCc2c(Cl)cccc2Cl)ccc1SCc1ccccc1Cl. The van der Waals surface area contributed by atoms with Crippen LogP contribution in [0.15, 0.2) is 70.7 Å². The largest absolute Gasteiger partial charge is 0.391 e. The number of hydrogen-bond acceptors (Lipinski definition) is 5. The van der Waals surface area contributed by atoms with Crippen molar-refractivity contribution >= 4 is 58.5 Å². The van der Waals surface area contributed by atoms with Crippen LogP contribution < -0.4 is 0 Å². The fourth-order valence-corrected chi connectivity index (χ4v) is 4.32. The lowest BCUT2D eigenvalue weighted by atomic mass is 10.2. The van der Waals surface area contributed by atoms with Gasteiger partial charge in [-0.1, -0.05) is 70.3 Å². The molecule has 0 spiro atoms. The predicted molar refractivity (Wildman–Crippen MR) is 123 cm³/mol. The number of nitro groups is 1. The molecule has 0 aliphatic carbocycles. The third-order valence-corrected chi connectivity index (χ3v) is 6.26. The van der Waals surface area contributed by atoms with Crippen molar-refractivity contribution in [3.63, 3.8) is 0 Å². The van der Waals surface area contributed by atoms with E-state index in [4.69, 9.17) is 39.6 Å². The minimum Gasteiger partial charge on any atom is -0.391 e. The van der Waals surface area contributed by atoms with E-state index in [1.54, 1.807) is 36.4 Å². The highest BCUT2D eigenvalue weighted by Gasteiger charge is 2.15. The number of nitrogens with zero attached hydrogens (tertiary/aromatic N) is 2. The summed E-state index contributed by atoms with van der Waals surface area (Å²) in [7, 11) is 0. The van der Waals surface area contributed by atoms with Crippen LogP contribution in [0.4, 0.5) is 5.69 Å². The number of rotatable bonds is 8. The second-order valence-corrected chi connectivity index (χ2v) is 8.31. The van der Waals surface area contributed by atoms with E-state index in [1.807, 2.05) is 18.2 Å². The normalized spacial score (nSPS) is 11.0. The lowest BCUT2D eigenvalue weighted by Crippen LogP contribution is -1.95. The van der Waals surface area contributed by atoms with Crippen LogP contribution >= 0.6 is 46.6 Å². The molecule has 30 heavy (non-hydrogen) atoms. The summed E-state index contributed by atoms with van der Waals surface area (Å²) >= 11 is 19.7. The first kappa shape index (κ1) is 22.4. The van der Waals surface area contributed by atoms with Gasteiger partial charge in [0.05, 0.1) is 16.0 Å². The molecule has 0 fully saturated rings. The van der Waals surface area contributed by atoms with E-state index < -0.39 is 4.92 Å². The van der Waals surface area contributed by atoms with E-state index in [0.29, 0.717) is 36.8 Å². The molecule has 0 N–H and O–H groups in total. The van der Waals surface area contributed by atoms with E-state index in [9.17, 15) is 10.1 Å². The standard InChI is InChI=1S/C21H15Cl3N2O3S/c22-17-5-2-1-4-15(17)13-30-21-9-8-14(10-20(21)26(27)28)11-25-29-12-16-18(23)6-3-7-19(16)24/h1-11H,12-13H2/b25-11-. The monoisotopic (exact) mass is 480 g/mol. The van der Waals surface area contributed by atoms with Gasteiger partial charge in [-0.3, -0.25) is 10.1 Å². The van der Waals surface area contributed by atoms with E-state index in [2.05, 4.69) is 5.16 Å². The van der Waals surface area contributed by atoms with Crippen molar-refractivity contribution in [3.8, 4) is 0 Å². The summed E-state index contributed by atoms with van der Waals surface area (Å²) in [5.74, 6) is 0.523. The minimum atomic E-state index is -0.420. The second kappa shape index (κ2) is 10.7. The average Bonchev–Trinajstić information content (AvgIpc) is 2.72. The maximum absolute atomic E-state index is 11.5. The van der Waals surface area contributed by atoms with Crippen molar-refractivity contribution in [2.45, 2.75) is 17.3 Å². The van der Waals surface area contributed by atoms with E-state index in [-0.39, 0.29) is 12.3 Å². The van der Waals surface area contributed by atoms with Gasteiger partial charge in [0.1, 0.15) is 6.61 Å². The fraction of sp³-hybridized carbons (Fsp3) is 0.0952. The highest BCUT2D eigenvalue weighted by atomic mass is 35.5. The van der Waals surface area contributed by atoms with Gasteiger partial charge < -0.3 is 4.84 Å². The van der Waals surface area contributed by atoms with Crippen LogP contribution in [-0.4, -0.2) is 11.1 Å². The summed E-state index contributed by atoms with van der Waals surface area (Å²) < 4.78 is 0. The molecule has 0 saturated carbocycles. The van der Waals surface area contributed by atoms with Gasteiger partial charge in [-0.15, -0.1) is 11.8 Å². The molecular formula is C21H15Cl3N2O3S. The molecule has 9 heteroatoms. The van der Waals surface area contributed by atoms with Gasteiger partial charge in [-0.25, -0.2) is 0 Å². The molecule has 3 aromatic carbocycles. The summed E-state index contributed by atoms with van der Waals surface area (Å²) in [4.78, 5) is 16.9. The topological polar surface area (TPSA) is 64.7 Å². The molecule has 0 aliphatic heterocycles. The lowest BCUT2D eigenvalue weighted by Gasteiger charge is -2.06. The molecule has 0 unspecified atom stereocenters. The zero-order valence-corrected chi connectivity index (χ0v) is 18.5. The Balaban J connectivity index is 1.68. The average molecular weight is 482 g/mol. The van der Waals surface area contributed by atoms with Crippen molar-refractivity contribution in [1.29, 1.82) is 0 Å². The van der Waals surface area contributed by atoms with Gasteiger partial charge in [0.2, 0.25) is 0 Å². The number of halogens is 3. The van der Waals surface area contributed by atoms with Crippen molar-refractivity contribution < 1.29 is 9.76 Å². The van der Waals surface area contributed by atoms with Crippen LogP contribution in [0.5, 0.6) is 0 Å². The summed E-state index contributed by atoms with van der Waals surface area (Å²) in [6.45, 7) is 0.0862. The van der Waals surface area contributed by atoms with Gasteiger partial charge in [0.15, 0.2) is 0 Å². The molecule has 0 amide bonds. The number of nitro benzene ring substituents is 1. The number of benzene rings is 3. The highest BCUT2D eigenvalue weighted by Crippen LogP contribution is 2.33. The number of hydrogen-bond donors (Lipinski definition) is 0. The van der Waals surface area contributed by atoms with Crippen molar-refractivity contribution in [1.82, 2.24) is 0 Å². The van der Waals surface area contributed by atoms with Crippen LogP contribution in [0.3, 0.4) is 0 Å². The van der Waals surface area contributed by atoms with Crippen LogP contribution in [0.2, 0.25) is 15.1 Å². The maximum Gasteiger partial charge on any atom is 0.283 e. The lowest BCUT2D eigenvalue weighted by molar-refractivity contribution is -0.387. The Labute approximate surface area is 192 Å². The number of oxime groups is 1. The first-order valence-electron chi connectivity index (χ1n) is 8.68. The van der Waals surface area contributed by atoms with Crippen molar-refractivity contribution in [3.05, 3.63) is 103 Å². The first-order chi connectivity index (χ1) is 14.5. The molecule has 0 atom stereocenters. The molecule has 3 rings (SSSR count). The van der Waals surface area contributed by atoms with Gasteiger partial charge >= 0.3 is 0 Å². The molecule has 154 valence electrons. The van der Waals surface area contributed by atoms with Crippen LogP contribution in [-0.2, 0) is 17.2 Å². The van der Waals surface area contributed by atoms with Crippen LogP contribution in [0.1, 0.15) is 16.7 Å². The quantitative estimate of drug-likeness (QED) is 0.145. The zero-order chi connectivity index (χ0) is 21.5. The second-order valence-electron chi connectivity index (χ2n) is 6.07. The molecule has 0 radical (unpaired) electrons. The van der Waals surface area contributed by atoms with Crippen LogP contribution in [0, 0.1) is 10.1 Å². The van der Waals surface area contributed by atoms with Gasteiger partial charge in [0.25, 0.3) is 5.69 Å². The van der Waals surface area contributed by atoms with E-state index >= 15 is 0 Å². The Morgan fingerprint density at radius 3 is 2.40 bits per heavy atom. The summed E-state index contributed by atoms with van der Waals surface area (Å²) in [6.07, 6.45) is 1.40. The molecule has 0 aromatic heterocycles. The molecular weight excluding hydrogens is 467 g/mol. The van der Waals surface area contributed by atoms with E-state index in [1.165, 1.54) is 24.0 Å². The van der Waals surface area contributed by atoms with E-state index in [0.717, 1.165) is 5.56 Å². The molecule has 3 aromatic rings. The van der Waals surface area contributed by atoms with Gasteiger partial charge in [-0.2, -0.15) is 0 Å². The smallest absolute Gasteiger partial charge is 0.283 e. The summed E-state index contributed by atoms with van der Waals surface area (Å²) in [6, 6.07) is 17.4. The fourth-order valence-electron chi connectivity index (χ4n) is 2.52. The summed E-state index contributed by atoms with van der Waals surface area (Å²) in [5, 5.41) is 17.0.